The first-order chi connectivity index (χ1) is 10.7. The molecule has 112 valence electrons. The van der Waals surface area contributed by atoms with Crippen LogP contribution in [0, 0.1) is 0 Å². The van der Waals surface area contributed by atoms with Gasteiger partial charge in [0, 0.05) is 31.6 Å². The number of carbonyl (C=O) groups is 1. The zero-order valence-corrected chi connectivity index (χ0v) is 12.4. The normalized spacial score (nSPS) is 17.8. The first-order valence-corrected chi connectivity index (χ1v) is 7.50. The molecule has 1 N–H and O–H groups in total. The van der Waals surface area contributed by atoms with Gasteiger partial charge in [-0.3, -0.25) is 9.69 Å². The van der Waals surface area contributed by atoms with Crippen LogP contribution in [0.2, 0.25) is 0 Å². The summed E-state index contributed by atoms with van der Waals surface area (Å²) in [5.74, 6) is 0.423. The molecule has 0 unspecified atom stereocenters. The molecule has 1 fully saturated rings. The molecule has 1 saturated heterocycles. The molecule has 0 saturated carbocycles. The Morgan fingerprint density at radius 2 is 1.91 bits per heavy atom. The Bertz CT molecular complexity index is 692. The van der Waals surface area contributed by atoms with Gasteiger partial charge in [-0.25, -0.2) is 0 Å². The Hall–Kier alpha value is -2.39. The molecule has 2 aromatic carbocycles. The maximum atomic E-state index is 12.1. The third kappa shape index (κ3) is 3.62. The molecule has 1 aliphatic heterocycles. The fraction of sp³-hybridized carbons (Fsp3) is 0.211. The van der Waals surface area contributed by atoms with Gasteiger partial charge >= 0.3 is 0 Å². The molecule has 22 heavy (non-hydrogen) atoms. The van der Waals surface area contributed by atoms with E-state index < -0.39 is 0 Å². The minimum atomic E-state index is 0.202. The number of phenolic OH excluding ortho intramolecular Hbond substituents is 1. The van der Waals surface area contributed by atoms with Crippen LogP contribution < -0.4 is 0 Å². The Labute approximate surface area is 130 Å². The van der Waals surface area contributed by atoms with E-state index in [0.717, 1.165) is 24.2 Å². The van der Waals surface area contributed by atoms with Crippen molar-refractivity contribution in [2.45, 2.75) is 13.0 Å². The van der Waals surface area contributed by atoms with Crippen molar-refractivity contribution in [1.82, 2.24) is 4.90 Å². The highest BCUT2D eigenvalue weighted by atomic mass is 16.3. The van der Waals surface area contributed by atoms with E-state index in [0.29, 0.717) is 13.0 Å². The van der Waals surface area contributed by atoms with E-state index in [1.807, 2.05) is 30.3 Å². The lowest BCUT2D eigenvalue weighted by atomic mass is 9.99. The van der Waals surface area contributed by atoms with Gasteiger partial charge in [-0.1, -0.05) is 42.5 Å². The number of rotatable bonds is 3. The second-order valence-electron chi connectivity index (χ2n) is 5.63. The predicted molar refractivity (Wildman–Crippen MR) is 87.4 cm³/mol. The van der Waals surface area contributed by atoms with Crippen molar-refractivity contribution in [2.24, 2.45) is 0 Å². The average molecular weight is 293 g/mol. The van der Waals surface area contributed by atoms with Crippen molar-refractivity contribution in [2.75, 3.05) is 13.1 Å². The highest BCUT2D eigenvalue weighted by Gasteiger charge is 2.21. The average Bonchev–Trinajstić information content (AvgIpc) is 2.52. The molecule has 0 bridgehead atoms. The summed E-state index contributed by atoms with van der Waals surface area (Å²) in [5, 5.41) is 9.53. The summed E-state index contributed by atoms with van der Waals surface area (Å²) in [6, 6.07) is 17.3. The number of aromatic hydroxyl groups is 1. The summed E-state index contributed by atoms with van der Waals surface area (Å²) >= 11 is 0. The topological polar surface area (TPSA) is 40.5 Å². The Morgan fingerprint density at radius 1 is 1.09 bits per heavy atom. The zero-order valence-electron chi connectivity index (χ0n) is 12.4. The number of phenols is 1. The van der Waals surface area contributed by atoms with Crippen molar-refractivity contribution >= 4 is 11.9 Å². The highest BCUT2D eigenvalue weighted by molar-refractivity contribution is 6.00. The van der Waals surface area contributed by atoms with Crippen molar-refractivity contribution < 1.29 is 9.90 Å². The zero-order chi connectivity index (χ0) is 15.4. The number of Topliss-reactive ketones (excluding diaryl/α,β-unsaturated/α-hetero) is 1. The van der Waals surface area contributed by atoms with Gasteiger partial charge in [-0.05, 0) is 29.3 Å². The predicted octanol–water partition coefficient (Wildman–Crippen LogP) is 3.25. The lowest BCUT2D eigenvalue weighted by molar-refractivity contribution is -0.117. The van der Waals surface area contributed by atoms with Gasteiger partial charge in [0.2, 0.25) is 0 Å². The summed E-state index contributed by atoms with van der Waals surface area (Å²) in [4.78, 5) is 14.4. The second-order valence-corrected chi connectivity index (χ2v) is 5.63. The van der Waals surface area contributed by atoms with Crippen LogP contribution in [-0.4, -0.2) is 28.9 Å². The van der Waals surface area contributed by atoms with E-state index in [-0.39, 0.29) is 11.5 Å². The first kappa shape index (κ1) is 14.5. The Morgan fingerprint density at radius 3 is 2.68 bits per heavy atom. The third-order valence-electron chi connectivity index (χ3n) is 3.87. The summed E-state index contributed by atoms with van der Waals surface area (Å²) in [7, 11) is 0. The number of ketones is 1. The van der Waals surface area contributed by atoms with Crippen LogP contribution >= 0.6 is 0 Å². The molecule has 2 aromatic rings. The van der Waals surface area contributed by atoms with Crippen molar-refractivity contribution in [3.05, 3.63) is 71.3 Å². The minimum absolute atomic E-state index is 0.202. The second kappa shape index (κ2) is 6.58. The SMILES string of the molecule is O=C1CCN(Cc2ccccc2)C/C1=C\c1cccc(O)c1. The number of hydrogen-bond donors (Lipinski definition) is 1. The number of benzene rings is 2. The van der Waals surface area contributed by atoms with Gasteiger partial charge in [-0.2, -0.15) is 0 Å². The highest BCUT2D eigenvalue weighted by Crippen LogP contribution is 2.20. The fourth-order valence-electron chi connectivity index (χ4n) is 2.75. The van der Waals surface area contributed by atoms with Crippen LogP contribution in [0.25, 0.3) is 6.08 Å². The summed E-state index contributed by atoms with van der Waals surface area (Å²) < 4.78 is 0. The van der Waals surface area contributed by atoms with Crippen LogP contribution in [0.5, 0.6) is 5.75 Å². The largest absolute Gasteiger partial charge is 0.508 e. The standard InChI is InChI=1S/C19H19NO2/c21-18-8-4-7-16(12-18)11-17-14-20(10-9-19(17)22)13-15-5-2-1-3-6-15/h1-8,11-12,21H,9-10,13-14H2/b17-11+. The third-order valence-corrected chi connectivity index (χ3v) is 3.87. The van der Waals surface area contributed by atoms with Gasteiger partial charge in [0.1, 0.15) is 5.75 Å². The van der Waals surface area contributed by atoms with Crippen molar-refractivity contribution in [3.8, 4) is 5.75 Å². The van der Waals surface area contributed by atoms with Gasteiger partial charge in [0.05, 0.1) is 0 Å². The molecule has 0 aliphatic carbocycles. The van der Waals surface area contributed by atoms with Gasteiger partial charge in [0.25, 0.3) is 0 Å². The number of hydrogen-bond acceptors (Lipinski definition) is 3. The summed E-state index contributed by atoms with van der Waals surface area (Å²) in [6.07, 6.45) is 2.44. The van der Waals surface area contributed by atoms with Crippen LogP contribution in [-0.2, 0) is 11.3 Å². The molecule has 1 heterocycles. The van der Waals surface area contributed by atoms with Gasteiger partial charge in [0.15, 0.2) is 5.78 Å². The van der Waals surface area contributed by atoms with Crippen molar-refractivity contribution in [3.63, 3.8) is 0 Å². The quantitative estimate of drug-likeness (QED) is 0.883. The number of likely N-dealkylation sites (tertiary alicyclic amines) is 1. The maximum Gasteiger partial charge on any atom is 0.161 e. The molecule has 3 heteroatoms. The molecule has 1 aliphatic rings. The monoisotopic (exact) mass is 293 g/mol. The number of carbonyl (C=O) groups excluding carboxylic acids is 1. The lowest BCUT2D eigenvalue weighted by Crippen LogP contribution is -2.35. The van der Waals surface area contributed by atoms with Crippen LogP contribution in [0.1, 0.15) is 17.5 Å². The first-order valence-electron chi connectivity index (χ1n) is 7.50. The fourth-order valence-corrected chi connectivity index (χ4v) is 2.75. The molecule has 3 nitrogen and oxygen atoms in total. The van der Waals surface area contributed by atoms with E-state index in [9.17, 15) is 9.90 Å². The molecular weight excluding hydrogens is 274 g/mol. The van der Waals surface area contributed by atoms with E-state index in [1.165, 1.54) is 5.56 Å². The van der Waals surface area contributed by atoms with E-state index in [4.69, 9.17) is 0 Å². The van der Waals surface area contributed by atoms with E-state index in [2.05, 4.69) is 17.0 Å². The van der Waals surface area contributed by atoms with Crippen molar-refractivity contribution in [1.29, 1.82) is 0 Å². The molecule has 3 rings (SSSR count). The maximum absolute atomic E-state index is 12.1. The van der Waals surface area contributed by atoms with Gasteiger partial charge < -0.3 is 5.11 Å². The van der Waals surface area contributed by atoms with Crippen LogP contribution in [0.4, 0.5) is 0 Å². The smallest absolute Gasteiger partial charge is 0.161 e. The molecular formula is C19H19NO2. The molecule has 0 atom stereocenters. The molecule has 0 spiro atoms. The summed E-state index contributed by atoms with van der Waals surface area (Å²) in [6.45, 7) is 2.31. The Balaban J connectivity index is 1.75. The van der Waals surface area contributed by atoms with Crippen LogP contribution in [0.15, 0.2) is 60.2 Å². The molecule has 0 aromatic heterocycles. The number of piperidine rings is 1. The molecule has 0 amide bonds. The molecule has 0 radical (unpaired) electrons. The Kier molecular flexibility index (Phi) is 4.35. The summed E-state index contributed by atoms with van der Waals surface area (Å²) in [5.41, 5.74) is 2.94. The van der Waals surface area contributed by atoms with Crippen LogP contribution in [0.3, 0.4) is 0 Å². The minimum Gasteiger partial charge on any atom is -0.508 e. The lowest BCUT2D eigenvalue weighted by Gasteiger charge is -2.27. The van der Waals surface area contributed by atoms with E-state index >= 15 is 0 Å². The van der Waals surface area contributed by atoms with Gasteiger partial charge in [-0.15, -0.1) is 0 Å². The van der Waals surface area contributed by atoms with E-state index in [1.54, 1.807) is 18.2 Å². The number of nitrogens with zero attached hydrogens (tertiary/aromatic N) is 1.